The van der Waals surface area contributed by atoms with Gasteiger partial charge in [-0.25, -0.2) is 0 Å². The van der Waals surface area contributed by atoms with Crippen LogP contribution in [0.15, 0.2) is 77.1 Å². The number of aliphatic imine (C=N–C) groups is 2. The van der Waals surface area contributed by atoms with E-state index in [4.69, 9.17) is 20.5 Å². The Balaban J connectivity index is 1.85. The third-order valence-corrected chi connectivity index (χ3v) is 4.65. The van der Waals surface area contributed by atoms with Crippen LogP contribution >= 0.6 is 0 Å². The second-order valence-electron chi connectivity index (χ2n) is 6.70. The Morgan fingerprint density at radius 3 is 2.59 bits per heavy atom. The summed E-state index contributed by atoms with van der Waals surface area (Å²) >= 11 is 0. The predicted octanol–water partition coefficient (Wildman–Crippen LogP) is 1.78. The highest BCUT2D eigenvalue weighted by Gasteiger charge is 2.35. The summed E-state index contributed by atoms with van der Waals surface area (Å²) in [6, 6.07) is 15.6. The van der Waals surface area contributed by atoms with Gasteiger partial charge in [0.25, 0.3) is 5.91 Å². The van der Waals surface area contributed by atoms with Crippen molar-refractivity contribution >= 4 is 29.0 Å². The Labute approximate surface area is 168 Å². The van der Waals surface area contributed by atoms with E-state index < -0.39 is 5.91 Å². The highest BCUT2D eigenvalue weighted by atomic mass is 16.5. The molecule has 2 aromatic carbocycles. The molecule has 1 aromatic heterocycles. The summed E-state index contributed by atoms with van der Waals surface area (Å²) in [7, 11) is 1.64. The van der Waals surface area contributed by atoms with Crippen molar-refractivity contribution in [2.75, 3.05) is 7.11 Å². The van der Waals surface area contributed by atoms with Crippen molar-refractivity contribution in [1.82, 2.24) is 0 Å². The van der Waals surface area contributed by atoms with Crippen LogP contribution in [0.25, 0.3) is 0 Å². The van der Waals surface area contributed by atoms with Crippen LogP contribution in [0.3, 0.4) is 0 Å². The van der Waals surface area contributed by atoms with Crippen molar-refractivity contribution in [3.8, 4) is 5.75 Å². The molecular weight excluding hydrogens is 366 g/mol. The maximum absolute atomic E-state index is 11.3. The number of rotatable bonds is 5. The first-order valence-corrected chi connectivity index (χ1v) is 9.16. The first-order valence-electron chi connectivity index (χ1n) is 9.16. The van der Waals surface area contributed by atoms with Gasteiger partial charge in [-0.05, 0) is 42.8 Å². The maximum atomic E-state index is 11.3. The number of para-hydroxylation sites is 1. The quantitative estimate of drug-likeness (QED) is 0.677. The highest BCUT2D eigenvalue weighted by Crippen LogP contribution is 2.22. The fourth-order valence-electron chi connectivity index (χ4n) is 3.15. The van der Waals surface area contributed by atoms with E-state index in [2.05, 4.69) is 0 Å². The van der Waals surface area contributed by atoms with Crippen LogP contribution < -0.4 is 19.6 Å². The highest BCUT2D eigenvalue weighted by molar-refractivity contribution is 6.46. The first-order chi connectivity index (χ1) is 14.0. The fourth-order valence-corrected chi connectivity index (χ4v) is 3.15. The number of hydrogen-bond donors (Lipinski definition) is 1. The fraction of sp³-hybridized carbons (Fsp3) is 0.136. The molecule has 0 spiro atoms. The molecule has 0 radical (unpaired) electrons. The summed E-state index contributed by atoms with van der Waals surface area (Å²) in [6.45, 7) is 2.11. The smallest absolute Gasteiger partial charge is 0.333 e. The maximum Gasteiger partial charge on any atom is 0.333 e. The minimum atomic E-state index is -0.411. The molecule has 1 amide bonds. The van der Waals surface area contributed by atoms with Gasteiger partial charge in [0, 0.05) is 5.56 Å². The summed E-state index contributed by atoms with van der Waals surface area (Å²) < 4.78 is 8.88. The number of methoxy groups -OCH3 is 1. The zero-order chi connectivity index (χ0) is 20.4. The number of nitrogens with two attached hydrogens (primary N) is 1. The lowest BCUT2D eigenvalue weighted by Crippen LogP contribution is -2.48. The number of aromatic nitrogens is 2. The van der Waals surface area contributed by atoms with Crippen molar-refractivity contribution < 1.29 is 18.7 Å². The Bertz CT molecular complexity index is 1150. The number of aryl methyl sites for hydroxylation is 1. The molecule has 0 fully saturated rings. The van der Waals surface area contributed by atoms with Crippen LogP contribution in [-0.2, 0) is 11.3 Å². The molecule has 0 saturated carbocycles. The van der Waals surface area contributed by atoms with Gasteiger partial charge in [-0.1, -0.05) is 28.2 Å². The lowest BCUT2D eigenvalue weighted by molar-refractivity contribution is -0.701. The number of hydrogen-bond acceptors (Lipinski definition) is 4. The Hall–Kier alpha value is -3.87. The van der Waals surface area contributed by atoms with Crippen LogP contribution in [0, 0.1) is 6.92 Å². The molecule has 0 bridgehead atoms. The molecule has 1 aliphatic heterocycles. The van der Waals surface area contributed by atoms with Crippen LogP contribution in [0.1, 0.15) is 11.1 Å². The van der Waals surface area contributed by atoms with E-state index in [-0.39, 0.29) is 6.54 Å². The zero-order valence-electron chi connectivity index (χ0n) is 16.2. The minimum Gasteiger partial charge on any atom is -0.497 e. The van der Waals surface area contributed by atoms with Crippen molar-refractivity contribution in [1.29, 1.82) is 0 Å². The van der Waals surface area contributed by atoms with Gasteiger partial charge in [0.2, 0.25) is 24.7 Å². The minimum absolute atomic E-state index is 0.0888. The lowest BCUT2D eigenvalue weighted by Gasteiger charge is -2.02. The molecule has 7 nitrogen and oxygen atoms in total. The Morgan fingerprint density at radius 2 is 1.90 bits per heavy atom. The summed E-state index contributed by atoms with van der Waals surface area (Å²) in [4.78, 5) is 21.0. The Kier molecular flexibility index (Phi) is 4.87. The number of fused-ring (bicyclic) bond motifs is 1. The van der Waals surface area contributed by atoms with Crippen molar-refractivity contribution in [3.63, 3.8) is 0 Å². The molecule has 0 unspecified atom stereocenters. The molecule has 0 atom stereocenters. The van der Waals surface area contributed by atoms with E-state index in [0.29, 0.717) is 11.7 Å². The molecule has 3 aromatic rings. The van der Waals surface area contributed by atoms with Crippen LogP contribution in [0.2, 0.25) is 0 Å². The van der Waals surface area contributed by atoms with E-state index in [1.807, 2.05) is 66.2 Å². The molecule has 1 aliphatic rings. The summed E-state index contributed by atoms with van der Waals surface area (Å²) in [5, 5.41) is 0. The average Bonchev–Trinajstić information content (AvgIpc) is 3.07. The summed E-state index contributed by atoms with van der Waals surface area (Å²) in [5.41, 5.74) is 8.93. The van der Waals surface area contributed by atoms with E-state index in [0.717, 1.165) is 28.3 Å². The van der Waals surface area contributed by atoms with Gasteiger partial charge < -0.3 is 10.5 Å². The zero-order valence-corrected chi connectivity index (χ0v) is 16.2. The number of nitrogens with zero attached hydrogens (tertiary/aromatic N) is 4. The second kappa shape index (κ2) is 7.63. The summed E-state index contributed by atoms with van der Waals surface area (Å²) in [6.07, 6.45) is 5.41. The number of primary amides is 1. The van der Waals surface area contributed by atoms with Crippen LogP contribution in [0.5, 0.6) is 5.75 Å². The molecule has 144 valence electrons. The largest absolute Gasteiger partial charge is 0.497 e. The standard InChI is InChI=1S/C22H20N5O2/c1-15-5-3-4-6-18(15)24-22-21(16-7-9-17(29-2)10-8-16)25-20-14-26(13-19(23)28)11-12-27(20)22/h3-12,14H,13H2,1-2H3,(H-,23,28)/q+1/p+1. The van der Waals surface area contributed by atoms with Gasteiger partial charge in [-0.15, -0.1) is 0 Å². The van der Waals surface area contributed by atoms with E-state index >= 15 is 0 Å². The van der Waals surface area contributed by atoms with Crippen LogP contribution in [0.4, 0.5) is 11.5 Å². The molecular formula is C22H21N5O2+2. The van der Waals surface area contributed by atoms with Crippen LogP contribution in [-0.4, -0.2) is 24.6 Å². The SMILES string of the molecule is COc1ccc(C2=Nc3c[n+](CC(N)=O)cc[n+]3C2=Nc2ccccc2C)cc1. The Morgan fingerprint density at radius 1 is 1.14 bits per heavy atom. The molecule has 4 rings (SSSR count). The first kappa shape index (κ1) is 18.5. The van der Waals surface area contributed by atoms with Crippen molar-refractivity contribution in [3.05, 3.63) is 78.2 Å². The van der Waals surface area contributed by atoms with E-state index in [1.165, 1.54) is 0 Å². The monoisotopic (exact) mass is 387 g/mol. The van der Waals surface area contributed by atoms with Gasteiger partial charge in [0.15, 0.2) is 0 Å². The molecule has 2 N–H and O–H groups in total. The predicted molar refractivity (Wildman–Crippen MR) is 109 cm³/mol. The van der Waals surface area contributed by atoms with Gasteiger partial charge >= 0.3 is 11.7 Å². The van der Waals surface area contributed by atoms with E-state index in [9.17, 15) is 4.79 Å². The van der Waals surface area contributed by atoms with Crippen molar-refractivity contribution in [2.24, 2.45) is 15.7 Å². The number of carbonyl (C=O) groups is 1. The third-order valence-electron chi connectivity index (χ3n) is 4.65. The number of benzene rings is 2. The summed E-state index contributed by atoms with van der Waals surface area (Å²) in [5.74, 6) is 1.75. The van der Waals surface area contributed by atoms with Crippen molar-refractivity contribution in [2.45, 2.75) is 13.5 Å². The average molecular weight is 387 g/mol. The molecule has 2 heterocycles. The lowest BCUT2D eigenvalue weighted by atomic mass is 10.1. The molecule has 7 heteroatoms. The van der Waals surface area contributed by atoms with E-state index in [1.54, 1.807) is 24.1 Å². The molecule has 0 aliphatic carbocycles. The normalized spacial score (nSPS) is 13.9. The number of amides is 1. The van der Waals surface area contributed by atoms with Gasteiger partial charge in [-0.3, -0.25) is 4.79 Å². The molecule has 0 saturated heterocycles. The molecule has 29 heavy (non-hydrogen) atoms. The van der Waals surface area contributed by atoms with Gasteiger partial charge in [0.05, 0.1) is 7.11 Å². The number of carbonyl (C=O) groups excluding carboxylic acids is 1. The van der Waals surface area contributed by atoms with Gasteiger partial charge in [-0.2, -0.15) is 9.13 Å². The topological polar surface area (TPSA) is 84.8 Å². The third kappa shape index (κ3) is 3.75. The van der Waals surface area contributed by atoms with Gasteiger partial charge in [0.1, 0.15) is 17.6 Å². The number of ether oxygens (including phenoxy) is 1. The second-order valence-corrected chi connectivity index (χ2v) is 6.70.